The zero-order valence-electron chi connectivity index (χ0n) is 12.1. The van der Waals surface area contributed by atoms with Crippen molar-refractivity contribution in [2.75, 3.05) is 26.2 Å². The van der Waals surface area contributed by atoms with E-state index >= 15 is 0 Å². The minimum absolute atomic E-state index is 0.0733. The number of carbonyl (C=O) groups is 1. The van der Waals surface area contributed by atoms with Gasteiger partial charge >= 0.3 is 0 Å². The predicted molar refractivity (Wildman–Crippen MR) is 76.0 cm³/mol. The topological polar surface area (TPSA) is 59.4 Å². The van der Waals surface area contributed by atoms with Crippen LogP contribution in [0.4, 0.5) is 0 Å². The molecule has 3 heterocycles. The van der Waals surface area contributed by atoms with Crippen molar-refractivity contribution in [1.29, 1.82) is 5.26 Å². The van der Waals surface area contributed by atoms with E-state index in [1.54, 1.807) is 4.90 Å². The third-order valence-electron chi connectivity index (χ3n) is 5.00. The summed E-state index contributed by atoms with van der Waals surface area (Å²) in [6.45, 7) is 4.03. The summed E-state index contributed by atoms with van der Waals surface area (Å²) in [4.78, 5) is 16.9. The van der Waals surface area contributed by atoms with Gasteiger partial charge in [-0.25, -0.2) is 0 Å². The highest BCUT2D eigenvalue weighted by molar-refractivity contribution is 5.83. The van der Waals surface area contributed by atoms with Crippen LogP contribution in [-0.4, -0.2) is 60.0 Å². The predicted octanol–water partition coefficient (Wildman–Crippen LogP) is 0.717. The first-order valence-corrected chi connectivity index (χ1v) is 7.97. The maximum atomic E-state index is 12.5. The number of rotatable bonds is 2. The zero-order chi connectivity index (χ0) is 13.9. The molecule has 0 aromatic carbocycles. The molecule has 5 heteroatoms. The average molecular weight is 276 g/mol. The molecule has 3 atom stereocenters. The molecule has 110 valence electrons. The van der Waals surface area contributed by atoms with Gasteiger partial charge in [0.2, 0.25) is 5.91 Å². The van der Waals surface area contributed by atoms with E-state index in [1.807, 2.05) is 0 Å². The van der Waals surface area contributed by atoms with Crippen LogP contribution in [0.15, 0.2) is 0 Å². The molecule has 5 nitrogen and oxygen atoms in total. The number of nitrogens with zero attached hydrogens (tertiary/aromatic N) is 3. The molecule has 0 aromatic rings. The Kier molecular flexibility index (Phi) is 4.23. The molecule has 3 aliphatic heterocycles. The molecule has 0 radical (unpaired) electrons. The van der Waals surface area contributed by atoms with Crippen molar-refractivity contribution in [2.45, 2.75) is 56.7 Å². The highest BCUT2D eigenvalue weighted by Crippen LogP contribution is 2.23. The molecule has 20 heavy (non-hydrogen) atoms. The maximum absolute atomic E-state index is 12.5. The van der Waals surface area contributed by atoms with Gasteiger partial charge in [-0.1, -0.05) is 6.42 Å². The standard InChI is InChI=1S/C15H24N4O/c16-10-12-5-4-8-19(12)15(20)14-9-13(11-17-14)18-6-2-1-3-7-18/h12-14,17H,1-9,11H2/t12-,13-,14-/m0/s1. The third-order valence-corrected chi connectivity index (χ3v) is 5.00. The zero-order valence-corrected chi connectivity index (χ0v) is 12.1. The molecular formula is C15H24N4O. The van der Waals surface area contributed by atoms with Gasteiger partial charge in [-0.05, 0) is 45.2 Å². The van der Waals surface area contributed by atoms with Crippen LogP contribution in [0.25, 0.3) is 0 Å². The van der Waals surface area contributed by atoms with Crippen LogP contribution in [-0.2, 0) is 4.79 Å². The lowest BCUT2D eigenvalue weighted by atomic mass is 10.1. The molecule has 1 N–H and O–H groups in total. The van der Waals surface area contributed by atoms with Gasteiger partial charge in [0.15, 0.2) is 0 Å². The smallest absolute Gasteiger partial charge is 0.240 e. The van der Waals surface area contributed by atoms with Gasteiger partial charge in [-0.3, -0.25) is 9.69 Å². The lowest BCUT2D eigenvalue weighted by Crippen LogP contribution is -2.45. The number of likely N-dealkylation sites (tertiary alicyclic amines) is 2. The Morgan fingerprint density at radius 2 is 1.95 bits per heavy atom. The Morgan fingerprint density at radius 3 is 2.70 bits per heavy atom. The fraction of sp³-hybridized carbons (Fsp3) is 0.867. The minimum Gasteiger partial charge on any atom is -0.325 e. The quantitative estimate of drug-likeness (QED) is 0.807. The molecule has 3 fully saturated rings. The maximum Gasteiger partial charge on any atom is 0.240 e. The van der Waals surface area contributed by atoms with E-state index in [-0.39, 0.29) is 18.0 Å². The summed E-state index contributed by atoms with van der Waals surface area (Å²) in [5.41, 5.74) is 0. The van der Waals surface area contributed by atoms with Crippen LogP contribution >= 0.6 is 0 Å². The Labute approximate surface area is 120 Å². The lowest BCUT2D eigenvalue weighted by molar-refractivity contribution is -0.133. The molecule has 0 unspecified atom stereocenters. The summed E-state index contributed by atoms with van der Waals surface area (Å²) < 4.78 is 0. The summed E-state index contributed by atoms with van der Waals surface area (Å²) in [7, 11) is 0. The van der Waals surface area contributed by atoms with Crippen molar-refractivity contribution >= 4 is 5.91 Å². The summed E-state index contributed by atoms with van der Waals surface area (Å²) in [5, 5.41) is 12.5. The number of hydrogen-bond donors (Lipinski definition) is 1. The van der Waals surface area contributed by atoms with Crippen LogP contribution < -0.4 is 5.32 Å². The van der Waals surface area contributed by atoms with Crippen LogP contribution in [0.5, 0.6) is 0 Å². The third kappa shape index (κ3) is 2.68. The summed E-state index contributed by atoms with van der Waals surface area (Å²) in [6, 6.07) is 2.50. The molecule has 0 aliphatic carbocycles. The van der Waals surface area contributed by atoms with Crippen molar-refractivity contribution in [3.05, 3.63) is 0 Å². The number of amides is 1. The van der Waals surface area contributed by atoms with Crippen LogP contribution in [0.2, 0.25) is 0 Å². The molecule has 0 aromatic heterocycles. The van der Waals surface area contributed by atoms with Gasteiger partial charge in [0.25, 0.3) is 0 Å². The molecule has 3 aliphatic rings. The SMILES string of the molecule is N#C[C@@H]1CCCN1C(=O)[C@@H]1C[C@H](N2CCCCC2)CN1. The van der Waals surface area contributed by atoms with Crippen molar-refractivity contribution in [2.24, 2.45) is 0 Å². The highest BCUT2D eigenvalue weighted by atomic mass is 16.2. The largest absolute Gasteiger partial charge is 0.325 e. The highest BCUT2D eigenvalue weighted by Gasteiger charge is 2.38. The van der Waals surface area contributed by atoms with Gasteiger partial charge < -0.3 is 10.2 Å². The van der Waals surface area contributed by atoms with Gasteiger partial charge in [0.05, 0.1) is 12.1 Å². The molecule has 0 bridgehead atoms. The first kappa shape index (κ1) is 13.8. The number of hydrogen-bond acceptors (Lipinski definition) is 4. The fourth-order valence-electron chi connectivity index (χ4n) is 3.83. The van der Waals surface area contributed by atoms with Crippen LogP contribution in [0.3, 0.4) is 0 Å². The minimum atomic E-state index is -0.196. The van der Waals surface area contributed by atoms with Crippen molar-refractivity contribution < 1.29 is 4.79 Å². The second-order valence-corrected chi connectivity index (χ2v) is 6.27. The second kappa shape index (κ2) is 6.11. The summed E-state index contributed by atoms with van der Waals surface area (Å²) >= 11 is 0. The molecule has 3 saturated heterocycles. The number of carbonyl (C=O) groups excluding carboxylic acids is 1. The van der Waals surface area contributed by atoms with E-state index in [4.69, 9.17) is 5.26 Å². The molecular weight excluding hydrogens is 252 g/mol. The van der Waals surface area contributed by atoms with E-state index in [0.717, 1.165) is 32.4 Å². The number of nitrogens with one attached hydrogen (secondary N) is 1. The van der Waals surface area contributed by atoms with Gasteiger partial charge in [-0.15, -0.1) is 0 Å². The number of piperidine rings is 1. The van der Waals surface area contributed by atoms with Gasteiger partial charge in [0.1, 0.15) is 6.04 Å². The second-order valence-electron chi connectivity index (χ2n) is 6.27. The normalized spacial score (nSPS) is 35.1. The fourth-order valence-corrected chi connectivity index (χ4v) is 3.83. The van der Waals surface area contributed by atoms with E-state index < -0.39 is 0 Å². The van der Waals surface area contributed by atoms with Crippen molar-refractivity contribution in [1.82, 2.24) is 15.1 Å². The van der Waals surface area contributed by atoms with Gasteiger partial charge in [0, 0.05) is 19.1 Å². The van der Waals surface area contributed by atoms with Crippen LogP contribution in [0, 0.1) is 11.3 Å². The molecule has 0 saturated carbocycles. The first-order valence-electron chi connectivity index (χ1n) is 7.97. The monoisotopic (exact) mass is 276 g/mol. The Bertz CT molecular complexity index is 399. The Balaban J connectivity index is 1.56. The van der Waals surface area contributed by atoms with E-state index in [0.29, 0.717) is 6.04 Å². The first-order chi connectivity index (χ1) is 9.79. The number of nitriles is 1. The Morgan fingerprint density at radius 1 is 1.15 bits per heavy atom. The summed E-state index contributed by atoms with van der Waals surface area (Å²) in [6.07, 6.45) is 6.64. The lowest BCUT2D eigenvalue weighted by Gasteiger charge is -2.31. The van der Waals surface area contributed by atoms with E-state index in [9.17, 15) is 4.79 Å². The van der Waals surface area contributed by atoms with E-state index in [1.165, 1.54) is 32.4 Å². The van der Waals surface area contributed by atoms with Crippen molar-refractivity contribution in [3.8, 4) is 6.07 Å². The van der Waals surface area contributed by atoms with Gasteiger partial charge in [-0.2, -0.15) is 5.26 Å². The van der Waals surface area contributed by atoms with Crippen molar-refractivity contribution in [3.63, 3.8) is 0 Å². The average Bonchev–Trinajstić information content (AvgIpc) is 3.16. The van der Waals surface area contributed by atoms with E-state index in [2.05, 4.69) is 16.3 Å². The van der Waals surface area contributed by atoms with Crippen LogP contribution in [0.1, 0.15) is 38.5 Å². The summed E-state index contributed by atoms with van der Waals surface area (Å²) in [5.74, 6) is 0.147. The molecule has 0 spiro atoms. The molecule has 3 rings (SSSR count). The molecule has 1 amide bonds. The Hall–Kier alpha value is -1.12.